The second-order valence-electron chi connectivity index (χ2n) is 3.77. The van der Waals surface area contributed by atoms with Crippen LogP contribution in [0.2, 0.25) is 5.15 Å². The minimum Gasteiger partial charge on any atom is -0.275 e. The average molecular weight is 367 g/mol. The van der Waals surface area contributed by atoms with Crippen molar-refractivity contribution in [2.45, 2.75) is 11.9 Å². The molecule has 0 saturated carbocycles. The fourth-order valence-electron chi connectivity index (χ4n) is 1.43. The lowest BCUT2D eigenvalue weighted by molar-refractivity contribution is 0.578. The standard InChI is InChI=1S/C9H9BrClN5O2S/c1-5-3-6(8(11)12-4-5)14-19(17,18)9-7(10)13-15-16(9)2/h3-4,14H,1-2H3. The van der Waals surface area contributed by atoms with Gasteiger partial charge in [-0.05, 0) is 34.5 Å². The molecule has 2 heterocycles. The van der Waals surface area contributed by atoms with Crippen molar-refractivity contribution in [1.29, 1.82) is 0 Å². The molecule has 0 aromatic carbocycles. The zero-order valence-electron chi connectivity index (χ0n) is 9.92. The van der Waals surface area contributed by atoms with Gasteiger partial charge >= 0.3 is 0 Å². The summed E-state index contributed by atoms with van der Waals surface area (Å²) < 4.78 is 28.1. The summed E-state index contributed by atoms with van der Waals surface area (Å²) in [5, 5.41) is 7.22. The van der Waals surface area contributed by atoms with Gasteiger partial charge in [0.25, 0.3) is 10.0 Å². The minimum atomic E-state index is -3.85. The normalized spacial score (nSPS) is 11.6. The van der Waals surface area contributed by atoms with Gasteiger partial charge < -0.3 is 0 Å². The Balaban J connectivity index is 2.45. The summed E-state index contributed by atoms with van der Waals surface area (Å²) in [6.45, 7) is 1.78. The van der Waals surface area contributed by atoms with Gasteiger partial charge in [0.05, 0.1) is 5.69 Å². The SMILES string of the molecule is Cc1cnc(Cl)c(NS(=O)(=O)c2c(Br)nnn2C)c1. The largest absolute Gasteiger partial charge is 0.282 e. The first-order chi connectivity index (χ1) is 8.81. The van der Waals surface area contributed by atoms with Crippen LogP contribution in [-0.4, -0.2) is 28.4 Å². The van der Waals surface area contributed by atoms with Crippen molar-refractivity contribution in [3.05, 3.63) is 27.6 Å². The van der Waals surface area contributed by atoms with E-state index in [1.54, 1.807) is 19.2 Å². The number of hydrogen-bond acceptors (Lipinski definition) is 5. The first-order valence-corrected chi connectivity index (χ1v) is 7.67. The smallest absolute Gasteiger partial charge is 0.275 e. The van der Waals surface area contributed by atoms with E-state index in [9.17, 15) is 8.42 Å². The van der Waals surface area contributed by atoms with Gasteiger partial charge in [0.15, 0.2) is 9.76 Å². The van der Waals surface area contributed by atoms with Crippen LogP contribution in [0.3, 0.4) is 0 Å². The van der Waals surface area contributed by atoms with Crippen LogP contribution in [0.4, 0.5) is 5.69 Å². The number of nitrogens with one attached hydrogen (secondary N) is 1. The number of pyridine rings is 1. The Morgan fingerprint density at radius 2 is 2.16 bits per heavy atom. The van der Waals surface area contributed by atoms with Gasteiger partial charge in [-0.3, -0.25) is 4.72 Å². The van der Waals surface area contributed by atoms with E-state index in [1.165, 1.54) is 7.05 Å². The van der Waals surface area contributed by atoms with Crippen molar-refractivity contribution in [2.24, 2.45) is 7.05 Å². The molecule has 0 bridgehead atoms. The van der Waals surface area contributed by atoms with Crippen LogP contribution >= 0.6 is 27.5 Å². The van der Waals surface area contributed by atoms with Gasteiger partial charge in [-0.25, -0.2) is 9.67 Å². The summed E-state index contributed by atoms with van der Waals surface area (Å²) in [4.78, 5) is 3.88. The molecule has 2 aromatic heterocycles. The van der Waals surface area contributed by atoms with Crippen LogP contribution in [-0.2, 0) is 17.1 Å². The van der Waals surface area contributed by atoms with E-state index in [0.29, 0.717) is 0 Å². The molecule has 2 rings (SSSR count). The van der Waals surface area contributed by atoms with E-state index in [4.69, 9.17) is 11.6 Å². The summed E-state index contributed by atoms with van der Waals surface area (Å²) >= 11 is 8.89. The highest BCUT2D eigenvalue weighted by Crippen LogP contribution is 2.25. The summed E-state index contributed by atoms with van der Waals surface area (Å²) in [5.74, 6) is 0. The zero-order chi connectivity index (χ0) is 14.2. The van der Waals surface area contributed by atoms with Gasteiger partial charge in [-0.2, -0.15) is 8.42 Å². The first kappa shape index (κ1) is 14.2. The Bertz CT molecular complexity index is 711. The topological polar surface area (TPSA) is 89.8 Å². The van der Waals surface area contributed by atoms with Gasteiger partial charge in [0, 0.05) is 13.2 Å². The number of rotatable bonds is 3. The summed E-state index contributed by atoms with van der Waals surface area (Å²) in [7, 11) is -2.38. The second kappa shape index (κ2) is 5.06. The van der Waals surface area contributed by atoms with Crippen molar-refractivity contribution in [1.82, 2.24) is 20.0 Å². The molecule has 19 heavy (non-hydrogen) atoms. The molecular weight excluding hydrogens is 358 g/mol. The van der Waals surface area contributed by atoms with E-state index >= 15 is 0 Å². The third-order valence-corrected chi connectivity index (χ3v) is 4.76. The second-order valence-corrected chi connectivity index (χ2v) is 6.47. The molecule has 0 amide bonds. The Hall–Kier alpha value is -1.19. The Labute approximate surface area is 123 Å². The molecular formula is C9H9BrClN5O2S. The maximum Gasteiger partial charge on any atom is 0.282 e. The number of sulfonamides is 1. The molecule has 0 spiro atoms. The van der Waals surface area contributed by atoms with Crippen molar-refractivity contribution >= 4 is 43.2 Å². The molecule has 1 N–H and O–H groups in total. The Kier molecular flexibility index (Phi) is 3.79. The maximum absolute atomic E-state index is 12.2. The molecule has 0 unspecified atom stereocenters. The van der Waals surface area contributed by atoms with Crippen molar-refractivity contribution in [2.75, 3.05) is 4.72 Å². The maximum atomic E-state index is 12.2. The van der Waals surface area contributed by atoms with Gasteiger partial charge in [0.2, 0.25) is 5.03 Å². The number of anilines is 1. The lowest BCUT2D eigenvalue weighted by Crippen LogP contribution is -2.17. The molecule has 0 aliphatic rings. The summed E-state index contributed by atoms with van der Waals surface area (Å²) in [5.41, 5.74) is 0.985. The van der Waals surface area contributed by atoms with Crippen molar-refractivity contribution in [3.63, 3.8) is 0 Å². The van der Waals surface area contributed by atoms with E-state index in [0.717, 1.165) is 10.2 Å². The Morgan fingerprint density at radius 1 is 1.47 bits per heavy atom. The predicted molar refractivity (Wildman–Crippen MR) is 73.5 cm³/mol. The molecule has 0 radical (unpaired) electrons. The molecule has 7 nitrogen and oxygen atoms in total. The third kappa shape index (κ3) is 2.88. The van der Waals surface area contributed by atoms with Crippen LogP contribution in [0, 0.1) is 6.92 Å². The van der Waals surface area contributed by atoms with Gasteiger partial charge in [-0.15, -0.1) is 5.10 Å². The van der Waals surface area contributed by atoms with Crippen LogP contribution in [0.15, 0.2) is 21.9 Å². The van der Waals surface area contributed by atoms with Crippen LogP contribution in [0.1, 0.15) is 5.56 Å². The molecule has 0 saturated heterocycles. The van der Waals surface area contributed by atoms with E-state index in [-0.39, 0.29) is 20.5 Å². The number of aryl methyl sites for hydroxylation is 2. The van der Waals surface area contributed by atoms with Crippen LogP contribution in [0.25, 0.3) is 0 Å². The monoisotopic (exact) mass is 365 g/mol. The first-order valence-electron chi connectivity index (χ1n) is 5.01. The molecule has 0 atom stereocenters. The summed E-state index contributed by atoms with van der Waals surface area (Å²) in [6, 6.07) is 1.59. The third-order valence-electron chi connectivity index (χ3n) is 2.21. The zero-order valence-corrected chi connectivity index (χ0v) is 13.1. The number of halogens is 2. The minimum absolute atomic E-state index is 0.0698. The molecule has 2 aromatic rings. The molecule has 0 aliphatic carbocycles. The predicted octanol–water partition coefficient (Wildman–Crippen LogP) is 1.74. The lowest BCUT2D eigenvalue weighted by Gasteiger charge is -2.09. The van der Waals surface area contributed by atoms with Gasteiger partial charge in [0.1, 0.15) is 0 Å². The van der Waals surface area contributed by atoms with E-state index < -0.39 is 10.0 Å². The van der Waals surface area contributed by atoms with Crippen LogP contribution in [0.5, 0.6) is 0 Å². The van der Waals surface area contributed by atoms with Crippen molar-refractivity contribution in [3.8, 4) is 0 Å². The van der Waals surface area contributed by atoms with Gasteiger partial charge in [-0.1, -0.05) is 16.8 Å². The van der Waals surface area contributed by atoms with E-state index in [2.05, 4.69) is 35.9 Å². The highest BCUT2D eigenvalue weighted by atomic mass is 79.9. The number of nitrogens with zero attached hydrogens (tertiary/aromatic N) is 4. The number of aromatic nitrogens is 4. The van der Waals surface area contributed by atoms with Crippen molar-refractivity contribution < 1.29 is 8.42 Å². The Morgan fingerprint density at radius 3 is 2.74 bits per heavy atom. The average Bonchev–Trinajstić information content (AvgIpc) is 2.64. The molecule has 0 aliphatic heterocycles. The quantitative estimate of drug-likeness (QED) is 0.836. The van der Waals surface area contributed by atoms with E-state index in [1.807, 2.05) is 0 Å². The highest BCUT2D eigenvalue weighted by molar-refractivity contribution is 9.10. The lowest BCUT2D eigenvalue weighted by atomic mass is 10.3. The molecule has 10 heteroatoms. The molecule has 0 fully saturated rings. The molecule has 102 valence electrons. The summed E-state index contributed by atoms with van der Waals surface area (Å²) in [6.07, 6.45) is 1.54. The van der Waals surface area contributed by atoms with Crippen LogP contribution < -0.4 is 4.72 Å². The highest BCUT2D eigenvalue weighted by Gasteiger charge is 2.24. The number of hydrogen-bond donors (Lipinski definition) is 1. The fourth-order valence-corrected chi connectivity index (χ4v) is 3.79. The fraction of sp³-hybridized carbons (Fsp3) is 0.222.